The fourth-order valence-corrected chi connectivity index (χ4v) is 4.89. The van der Waals surface area contributed by atoms with Gasteiger partial charge in [-0.3, -0.25) is 23.7 Å². The number of carbonyl (C=O) groups is 5. The van der Waals surface area contributed by atoms with Gasteiger partial charge in [0.2, 0.25) is 0 Å². The summed E-state index contributed by atoms with van der Waals surface area (Å²) in [6.45, 7) is -0.742. The monoisotopic (exact) mass is 621 g/mol. The maximum Gasteiger partial charge on any atom is 0.335 e. The van der Waals surface area contributed by atoms with Crippen molar-refractivity contribution in [1.82, 2.24) is 24.8 Å². The first-order valence-electron chi connectivity index (χ1n) is 14.3. The number of imide groups is 2. The number of carboxylic acids is 2. The summed E-state index contributed by atoms with van der Waals surface area (Å²) in [6.07, 6.45) is 1.92. The molecule has 0 radical (unpaired) electrons. The van der Waals surface area contributed by atoms with Crippen molar-refractivity contribution in [1.29, 1.82) is 0 Å². The Labute approximate surface area is 257 Å². The van der Waals surface area contributed by atoms with Gasteiger partial charge in [0.1, 0.15) is 17.4 Å². The Kier molecular flexibility index (Phi) is 10.7. The maximum atomic E-state index is 13.4. The van der Waals surface area contributed by atoms with Gasteiger partial charge in [-0.1, -0.05) is 47.7 Å². The molecule has 1 fully saturated rings. The molecule has 3 aromatic rings. The molecule has 0 spiro atoms. The average molecular weight is 622 g/mol. The summed E-state index contributed by atoms with van der Waals surface area (Å²) in [6, 6.07) is 12.5. The molecule has 0 aliphatic carbocycles. The number of aryl methyl sites for hydroxylation is 2. The number of barbiturate groups is 1. The topological polar surface area (TPSA) is 183 Å². The van der Waals surface area contributed by atoms with Crippen molar-refractivity contribution in [3.05, 3.63) is 88.9 Å². The van der Waals surface area contributed by atoms with Crippen LogP contribution in [-0.4, -0.2) is 82.6 Å². The molecule has 1 atom stereocenters. The molecule has 4 rings (SSSR count). The van der Waals surface area contributed by atoms with Crippen LogP contribution in [0.4, 0.5) is 9.18 Å². The van der Waals surface area contributed by atoms with Crippen molar-refractivity contribution in [2.75, 3.05) is 6.67 Å². The number of alkyl halides is 1. The van der Waals surface area contributed by atoms with Crippen LogP contribution in [0.15, 0.2) is 72.1 Å². The highest BCUT2D eigenvalue weighted by Gasteiger charge is 2.48. The molecule has 0 saturated carbocycles. The van der Waals surface area contributed by atoms with Crippen LogP contribution < -0.4 is 0 Å². The Bertz CT molecular complexity index is 1590. The molecular weight excluding hydrogens is 589 g/mol. The van der Waals surface area contributed by atoms with Gasteiger partial charge in [-0.05, 0) is 55.4 Å². The van der Waals surface area contributed by atoms with E-state index in [9.17, 15) is 38.6 Å². The van der Waals surface area contributed by atoms with E-state index in [2.05, 4.69) is 10.3 Å². The Morgan fingerprint density at radius 2 is 1.56 bits per heavy atom. The lowest BCUT2D eigenvalue weighted by atomic mass is 10.0. The zero-order chi connectivity index (χ0) is 32.5. The van der Waals surface area contributed by atoms with E-state index >= 15 is 0 Å². The van der Waals surface area contributed by atoms with Gasteiger partial charge < -0.3 is 15.3 Å². The van der Waals surface area contributed by atoms with E-state index in [4.69, 9.17) is 5.11 Å². The number of aliphatic carboxylic acids is 2. The van der Waals surface area contributed by atoms with Crippen LogP contribution in [0.1, 0.15) is 48.9 Å². The second kappa shape index (κ2) is 14.9. The van der Waals surface area contributed by atoms with Crippen LogP contribution >= 0.6 is 0 Å². The molecule has 2 aromatic carbocycles. The van der Waals surface area contributed by atoms with Gasteiger partial charge in [0.25, 0.3) is 11.8 Å². The third kappa shape index (κ3) is 7.96. The first-order chi connectivity index (χ1) is 21.6. The third-order valence-electron chi connectivity index (χ3n) is 7.22. The zero-order valence-electron chi connectivity index (χ0n) is 24.2. The standard InChI is InChI=1S/C31H32FN5O8/c32-17-5-9-22-19-36(34-33-22)23-13-11-20(12-14-23)8-4-10-25(38)27-28(41)35(18-21-6-2-1-3-7-21)31(45)37(29(27)42)24(30(43)44)15-16-26(39)40/h1-3,6-7,11-14,19,24,38H,4-5,8-10,15-18H2,(H,39,40)(H,43,44)/t24-/m0/s1. The highest BCUT2D eigenvalue weighted by Crippen LogP contribution is 2.27. The van der Waals surface area contributed by atoms with Crippen LogP contribution in [-0.2, 0) is 38.6 Å². The molecular formula is C31H32FN5O8. The number of halogens is 1. The maximum absolute atomic E-state index is 13.4. The Morgan fingerprint density at radius 1 is 0.844 bits per heavy atom. The minimum absolute atomic E-state index is 0.135. The number of carboxylic acid groups (broad SMARTS) is 2. The summed E-state index contributed by atoms with van der Waals surface area (Å²) in [5.41, 5.74) is 2.05. The predicted molar refractivity (Wildman–Crippen MR) is 156 cm³/mol. The molecule has 0 unspecified atom stereocenters. The molecule has 236 valence electrons. The number of benzene rings is 2. The highest BCUT2D eigenvalue weighted by molar-refractivity contribution is 6.29. The number of amides is 4. The lowest BCUT2D eigenvalue weighted by molar-refractivity contribution is -0.151. The smallest absolute Gasteiger partial charge is 0.335 e. The normalized spacial score (nSPS) is 15.4. The lowest BCUT2D eigenvalue weighted by Gasteiger charge is -2.37. The Balaban J connectivity index is 1.52. The van der Waals surface area contributed by atoms with Gasteiger partial charge in [-0.2, -0.15) is 0 Å². The predicted octanol–water partition coefficient (Wildman–Crippen LogP) is 3.61. The van der Waals surface area contributed by atoms with E-state index < -0.39 is 66.7 Å². The fourth-order valence-electron chi connectivity index (χ4n) is 4.89. The highest BCUT2D eigenvalue weighted by atomic mass is 19.1. The summed E-state index contributed by atoms with van der Waals surface area (Å²) in [4.78, 5) is 64.5. The van der Waals surface area contributed by atoms with Gasteiger partial charge in [0.15, 0.2) is 0 Å². The van der Waals surface area contributed by atoms with Crippen molar-refractivity contribution < 1.29 is 43.7 Å². The number of nitrogens with zero attached hydrogens (tertiary/aromatic N) is 5. The first kappa shape index (κ1) is 32.5. The van der Waals surface area contributed by atoms with E-state index in [1.54, 1.807) is 41.2 Å². The minimum Gasteiger partial charge on any atom is -0.511 e. The molecule has 1 saturated heterocycles. The summed E-state index contributed by atoms with van der Waals surface area (Å²) in [5, 5.41) is 37.9. The quantitative estimate of drug-likeness (QED) is 0.129. The molecule has 13 nitrogen and oxygen atoms in total. The van der Waals surface area contributed by atoms with Crippen molar-refractivity contribution in [3.63, 3.8) is 0 Å². The molecule has 14 heteroatoms. The fraction of sp³-hybridized carbons (Fsp3) is 0.323. The molecule has 3 N–H and O–H groups in total. The molecule has 2 heterocycles. The lowest BCUT2D eigenvalue weighted by Crippen LogP contribution is -2.61. The molecule has 45 heavy (non-hydrogen) atoms. The molecule has 1 aromatic heterocycles. The van der Waals surface area contributed by atoms with Crippen molar-refractivity contribution in [2.24, 2.45) is 0 Å². The number of aromatic nitrogens is 3. The van der Waals surface area contributed by atoms with Crippen molar-refractivity contribution >= 4 is 29.8 Å². The number of urea groups is 1. The molecule has 1 aliphatic rings. The summed E-state index contributed by atoms with van der Waals surface area (Å²) < 4.78 is 14.0. The second-order valence-corrected chi connectivity index (χ2v) is 10.4. The molecule has 4 amide bonds. The Morgan fingerprint density at radius 3 is 2.20 bits per heavy atom. The Hall–Kier alpha value is -5.40. The number of allylic oxidation sites excluding steroid dienone is 1. The third-order valence-corrected chi connectivity index (χ3v) is 7.22. The van der Waals surface area contributed by atoms with Crippen molar-refractivity contribution in [2.45, 2.75) is 57.5 Å². The summed E-state index contributed by atoms with van der Waals surface area (Å²) >= 11 is 0. The van der Waals surface area contributed by atoms with Gasteiger partial charge in [-0.15, -0.1) is 5.10 Å². The second-order valence-electron chi connectivity index (χ2n) is 10.4. The SMILES string of the molecule is O=C(O)CC[C@@H](C(=O)O)N1C(=O)C(=C(O)CCCc2ccc(-n3cc(CCCF)nn3)cc2)C(=O)N(Cc2ccccc2)C1=O. The van der Waals surface area contributed by atoms with Gasteiger partial charge >= 0.3 is 18.0 Å². The number of hydrogen-bond donors (Lipinski definition) is 3. The molecule has 1 aliphatic heterocycles. The number of aliphatic hydroxyl groups is 1. The van der Waals surface area contributed by atoms with Crippen LogP contribution in [0, 0.1) is 0 Å². The van der Waals surface area contributed by atoms with Crippen LogP contribution in [0.2, 0.25) is 0 Å². The van der Waals surface area contributed by atoms with Crippen LogP contribution in [0.25, 0.3) is 5.69 Å². The largest absolute Gasteiger partial charge is 0.511 e. The summed E-state index contributed by atoms with van der Waals surface area (Å²) in [5.74, 6) is -5.94. The van der Waals surface area contributed by atoms with E-state index in [0.29, 0.717) is 46.7 Å². The number of rotatable bonds is 15. The van der Waals surface area contributed by atoms with Gasteiger partial charge in [0, 0.05) is 12.8 Å². The zero-order valence-corrected chi connectivity index (χ0v) is 24.2. The first-order valence-corrected chi connectivity index (χ1v) is 14.3. The number of hydrogen-bond acceptors (Lipinski definition) is 8. The average Bonchev–Trinajstić information content (AvgIpc) is 3.49. The molecule has 0 bridgehead atoms. The summed E-state index contributed by atoms with van der Waals surface area (Å²) in [7, 11) is 0. The van der Waals surface area contributed by atoms with E-state index in [-0.39, 0.29) is 13.0 Å². The van der Waals surface area contributed by atoms with Crippen molar-refractivity contribution in [3.8, 4) is 5.69 Å². The van der Waals surface area contributed by atoms with E-state index in [1.807, 2.05) is 24.3 Å². The van der Waals surface area contributed by atoms with E-state index in [1.165, 1.54) is 0 Å². The van der Waals surface area contributed by atoms with Gasteiger partial charge in [-0.25, -0.2) is 19.2 Å². The van der Waals surface area contributed by atoms with Gasteiger partial charge in [0.05, 0.1) is 30.8 Å². The minimum atomic E-state index is -1.88. The van der Waals surface area contributed by atoms with Crippen LogP contribution in [0.3, 0.4) is 0 Å². The number of aliphatic hydroxyl groups excluding tert-OH is 1. The van der Waals surface area contributed by atoms with Crippen LogP contribution in [0.5, 0.6) is 0 Å². The van der Waals surface area contributed by atoms with E-state index in [0.717, 1.165) is 11.3 Å². The number of carbonyl (C=O) groups excluding carboxylic acids is 3.